The second kappa shape index (κ2) is 8.07. The molecule has 0 amide bonds. The molecule has 4 rings (SSSR count). The maximum absolute atomic E-state index is 5.69. The fourth-order valence-electron chi connectivity index (χ4n) is 3.41. The zero-order chi connectivity index (χ0) is 20.2. The van der Waals surface area contributed by atoms with Crippen LogP contribution in [-0.2, 0) is 0 Å². The number of benzene rings is 3. The standard InChI is InChI=1S/C25H22N2O2/c1-18(19-10-6-4-7-11-19)21-16-22(25(29-3)17-24(21)28-2)23-14-15-26-27(23)20-12-8-5-9-13-20/h4-17H,1H2,2-3H3. The van der Waals surface area contributed by atoms with Crippen LogP contribution in [0.25, 0.3) is 22.5 Å². The zero-order valence-electron chi connectivity index (χ0n) is 16.5. The van der Waals surface area contributed by atoms with Gasteiger partial charge in [-0.15, -0.1) is 0 Å². The summed E-state index contributed by atoms with van der Waals surface area (Å²) in [4.78, 5) is 0. The number of hydrogen-bond acceptors (Lipinski definition) is 3. The molecule has 0 unspecified atom stereocenters. The Hall–Kier alpha value is -3.79. The maximum Gasteiger partial charge on any atom is 0.131 e. The number of nitrogens with zero attached hydrogens (tertiary/aromatic N) is 2. The van der Waals surface area contributed by atoms with Gasteiger partial charge in [-0.25, -0.2) is 4.68 Å². The van der Waals surface area contributed by atoms with E-state index in [1.165, 1.54) is 0 Å². The van der Waals surface area contributed by atoms with Crippen LogP contribution >= 0.6 is 0 Å². The van der Waals surface area contributed by atoms with Crippen molar-refractivity contribution in [1.29, 1.82) is 0 Å². The summed E-state index contributed by atoms with van der Waals surface area (Å²) < 4.78 is 13.2. The zero-order valence-corrected chi connectivity index (χ0v) is 16.5. The van der Waals surface area contributed by atoms with Crippen LogP contribution < -0.4 is 9.47 Å². The van der Waals surface area contributed by atoms with Gasteiger partial charge in [0.25, 0.3) is 0 Å². The van der Waals surface area contributed by atoms with Crippen molar-refractivity contribution >= 4 is 5.57 Å². The maximum atomic E-state index is 5.69. The molecule has 0 fully saturated rings. The van der Waals surface area contributed by atoms with Crippen molar-refractivity contribution in [2.24, 2.45) is 0 Å². The minimum atomic E-state index is 0.712. The topological polar surface area (TPSA) is 36.3 Å². The van der Waals surface area contributed by atoms with E-state index in [1.807, 2.05) is 77.5 Å². The second-order valence-electron chi connectivity index (χ2n) is 6.56. The van der Waals surface area contributed by atoms with Crippen LogP contribution in [0.1, 0.15) is 11.1 Å². The molecule has 0 saturated carbocycles. The van der Waals surface area contributed by atoms with Gasteiger partial charge in [-0.3, -0.25) is 0 Å². The third kappa shape index (κ3) is 3.52. The fraction of sp³-hybridized carbons (Fsp3) is 0.0800. The summed E-state index contributed by atoms with van der Waals surface area (Å²) in [5.41, 5.74) is 5.67. The van der Waals surface area contributed by atoms with Gasteiger partial charge in [0.05, 0.1) is 31.8 Å². The third-order valence-corrected chi connectivity index (χ3v) is 4.89. The largest absolute Gasteiger partial charge is 0.496 e. The van der Waals surface area contributed by atoms with Crippen LogP contribution in [-0.4, -0.2) is 24.0 Å². The Morgan fingerprint density at radius 3 is 2.14 bits per heavy atom. The second-order valence-corrected chi connectivity index (χ2v) is 6.56. The summed E-state index contributed by atoms with van der Waals surface area (Å²) in [6.45, 7) is 4.32. The summed E-state index contributed by atoms with van der Waals surface area (Å²) in [5, 5.41) is 4.52. The summed E-state index contributed by atoms with van der Waals surface area (Å²) >= 11 is 0. The van der Waals surface area contributed by atoms with Gasteiger partial charge in [0.15, 0.2) is 0 Å². The van der Waals surface area contributed by atoms with E-state index in [4.69, 9.17) is 9.47 Å². The summed E-state index contributed by atoms with van der Waals surface area (Å²) in [6.07, 6.45) is 1.79. The number of methoxy groups -OCH3 is 2. The summed E-state index contributed by atoms with van der Waals surface area (Å²) in [7, 11) is 3.32. The molecule has 0 bridgehead atoms. The molecular formula is C25H22N2O2. The van der Waals surface area contributed by atoms with E-state index >= 15 is 0 Å². The highest BCUT2D eigenvalue weighted by Crippen LogP contribution is 2.40. The van der Waals surface area contributed by atoms with E-state index in [1.54, 1.807) is 20.4 Å². The van der Waals surface area contributed by atoms with E-state index < -0.39 is 0 Å². The van der Waals surface area contributed by atoms with Gasteiger partial charge < -0.3 is 9.47 Å². The highest BCUT2D eigenvalue weighted by atomic mass is 16.5. The molecular weight excluding hydrogens is 360 g/mol. The fourth-order valence-corrected chi connectivity index (χ4v) is 3.41. The third-order valence-electron chi connectivity index (χ3n) is 4.89. The first-order chi connectivity index (χ1) is 14.2. The normalized spacial score (nSPS) is 10.6. The van der Waals surface area contributed by atoms with Gasteiger partial charge >= 0.3 is 0 Å². The minimum absolute atomic E-state index is 0.712. The van der Waals surface area contributed by atoms with Gasteiger partial charge in [-0.05, 0) is 35.4 Å². The molecule has 4 heteroatoms. The van der Waals surface area contributed by atoms with Crippen LogP contribution in [0.2, 0.25) is 0 Å². The average molecular weight is 382 g/mol. The quantitative estimate of drug-likeness (QED) is 0.434. The van der Waals surface area contributed by atoms with E-state index in [2.05, 4.69) is 17.7 Å². The SMILES string of the molecule is C=C(c1ccccc1)c1cc(-c2ccnn2-c2ccccc2)c(OC)cc1OC. The number of aromatic nitrogens is 2. The Labute approximate surface area is 170 Å². The molecule has 4 nitrogen and oxygen atoms in total. The molecule has 0 aliphatic rings. The Balaban J connectivity index is 1.89. The predicted molar refractivity (Wildman–Crippen MR) is 117 cm³/mol. The molecule has 0 aliphatic carbocycles. The van der Waals surface area contributed by atoms with Crippen molar-refractivity contribution in [3.8, 4) is 28.4 Å². The highest BCUT2D eigenvalue weighted by molar-refractivity contribution is 5.85. The highest BCUT2D eigenvalue weighted by Gasteiger charge is 2.18. The first-order valence-electron chi connectivity index (χ1n) is 9.33. The van der Waals surface area contributed by atoms with Gasteiger partial charge in [0.2, 0.25) is 0 Å². The van der Waals surface area contributed by atoms with Gasteiger partial charge in [-0.1, -0.05) is 55.1 Å². The lowest BCUT2D eigenvalue weighted by Gasteiger charge is -2.17. The number of para-hydroxylation sites is 1. The summed E-state index contributed by atoms with van der Waals surface area (Å²) in [6, 6.07) is 26.0. The molecule has 0 atom stereocenters. The Bertz CT molecular complexity index is 1130. The lowest BCUT2D eigenvalue weighted by Crippen LogP contribution is -2.02. The molecule has 0 spiro atoms. The van der Waals surface area contributed by atoms with Crippen molar-refractivity contribution in [2.45, 2.75) is 0 Å². The Morgan fingerprint density at radius 2 is 1.48 bits per heavy atom. The van der Waals surface area contributed by atoms with Gasteiger partial charge in [-0.2, -0.15) is 5.10 Å². The van der Waals surface area contributed by atoms with E-state index in [9.17, 15) is 0 Å². The molecule has 4 aromatic rings. The Kier molecular flexibility index (Phi) is 5.16. The lowest BCUT2D eigenvalue weighted by molar-refractivity contribution is 0.394. The molecule has 29 heavy (non-hydrogen) atoms. The van der Waals surface area contributed by atoms with E-state index in [0.29, 0.717) is 11.5 Å². The Morgan fingerprint density at radius 1 is 0.828 bits per heavy atom. The molecule has 0 N–H and O–H groups in total. The average Bonchev–Trinajstić information content (AvgIpc) is 3.28. The molecule has 1 aromatic heterocycles. The number of rotatable bonds is 6. The molecule has 144 valence electrons. The first-order valence-corrected chi connectivity index (χ1v) is 9.33. The molecule has 3 aromatic carbocycles. The van der Waals surface area contributed by atoms with Crippen molar-refractivity contribution in [3.63, 3.8) is 0 Å². The molecule has 1 heterocycles. The van der Waals surface area contributed by atoms with Gasteiger partial charge in [0.1, 0.15) is 11.5 Å². The van der Waals surface area contributed by atoms with Crippen LogP contribution in [0.5, 0.6) is 11.5 Å². The minimum Gasteiger partial charge on any atom is -0.496 e. The van der Waals surface area contributed by atoms with Crippen molar-refractivity contribution in [3.05, 3.63) is 103 Å². The van der Waals surface area contributed by atoms with Crippen molar-refractivity contribution < 1.29 is 9.47 Å². The smallest absolute Gasteiger partial charge is 0.131 e. The van der Waals surface area contributed by atoms with Crippen LogP contribution in [0.4, 0.5) is 0 Å². The van der Waals surface area contributed by atoms with Crippen LogP contribution in [0, 0.1) is 0 Å². The van der Waals surface area contributed by atoms with E-state index in [0.717, 1.165) is 33.6 Å². The number of ether oxygens (including phenoxy) is 2. The van der Waals surface area contributed by atoms with E-state index in [-0.39, 0.29) is 0 Å². The monoisotopic (exact) mass is 382 g/mol. The lowest BCUT2D eigenvalue weighted by atomic mass is 9.95. The van der Waals surface area contributed by atoms with Gasteiger partial charge in [0, 0.05) is 17.2 Å². The predicted octanol–water partition coefficient (Wildman–Crippen LogP) is 5.62. The molecule has 0 radical (unpaired) electrons. The number of hydrogen-bond donors (Lipinski definition) is 0. The van der Waals surface area contributed by atoms with Crippen molar-refractivity contribution in [1.82, 2.24) is 9.78 Å². The molecule has 0 aliphatic heterocycles. The van der Waals surface area contributed by atoms with Crippen LogP contribution in [0.15, 0.2) is 91.6 Å². The summed E-state index contributed by atoms with van der Waals surface area (Å²) in [5.74, 6) is 1.43. The molecule has 0 saturated heterocycles. The van der Waals surface area contributed by atoms with Crippen LogP contribution in [0.3, 0.4) is 0 Å². The van der Waals surface area contributed by atoms with Crippen molar-refractivity contribution in [2.75, 3.05) is 14.2 Å². The first kappa shape index (κ1) is 18.6.